The van der Waals surface area contributed by atoms with E-state index in [1.807, 2.05) is 91.0 Å². The van der Waals surface area contributed by atoms with Crippen LogP contribution in [0.4, 0.5) is 0 Å². The number of para-hydroxylation sites is 2. The average Bonchev–Trinajstić information content (AvgIpc) is 3.77. The second-order valence-electron chi connectivity index (χ2n) is 12.8. The topological polar surface area (TPSA) is 67.6 Å². The number of aromatic nitrogens is 3. The molecule has 0 N–H and O–H groups in total. The Balaban J connectivity index is 1.29. The van der Waals surface area contributed by atoms with Crippen LogP contribution in [0.5, 0.6) is 0 Å². The Kier molecular flexibility index (Phi) is 6.80. The largest absolute Gasteiger partial charge is 0.455 e. The maximum Gasteiger partial charge on any atom is 0.161 e. The zero-order valence-electron chi connectivity index (χ0n) is 27.9. The molecule has 0 atom stereocenters. The molecule has 0 spiro atoms. The third kappa shape index (κ3) is 4.63. The molecule has 3 heterocycles. The van der Waals surface area contributed by atoms with Crippen molar-refractivity contribution in [3.8, 4) is 56.8 Å². The Morgan fingerprint density at radius 2 is 1.10 bits per heavy atom. The molecule has 0 bridgehead atoms. The first-order valence-corrected chi connectivity index (χ1v) is 17.2. The van der Waals surface area contributed by atoms with Crippen molar-refractivity contribution in [3.05, 3.63) is 175 Å². The Bertz CT molecular complexity index is 2950. The Labute approximate surface area is 299 Å². The van der Waals surface area contributed by atoms with Crippen molar-refractivity contribution >= 4 is 43.7 Å². The van der Waals surface area contributed by atoms with Crippen molar-refractivity contribution < 1.29 is 4.42 Å². The molecule has 0 amide bonds. The first-order chi connectivity index (χ1) is 25.8. The number of hydrogen-bond acceptors (Lipinski definition) is 4. The highest BCUT2D eigenvalue weighted by molar-refractivity contribution is 6.23. The van der Waals surface area contributed by atoms with Crippen molar-refractivity contribution in [1.82, 2.24) is 14.5 Å². The molecule has 10 aromatic rings. The van der Waals surface area contributed by atoms with E-state index in [0.717, 1.165) is 77.2 Å². The molecular weight excluding hydrogens is 637 g/mol. The smallest absolute Gasteiger partial charge is 0.161 e. The lowest BCUT2D eigenvalue weighted by Gasteiger charge is -2.17. The van der Waals surface area contributed by atoms with Gasteiger partial charge in [0.2, 0.25) is 0 Å². The summed E-state index contributed by atoms with van der Waals surface area (Å²) < 4.78 is 8.87. The van der Waals surface area contributed by atoms with Crippen LogP contribution in [0.15, 0.2) is 174 Å². The van der Waals surface area contributed by atoms with Gasteiger partial charge < -0.3 is 8.98 Å². The van der Waals surface area contributed by atoms with Gasteiger partial charge in [-0.15, -0.1) is 0 Å². The third-order valence-electron chi connectivity index (χ3n) is 9.88. The molecule has 52 heavy (non-hydrogen) atoms. The summed E-state index contributed by atoms with van der Waals surface area (Å²) >= 11 is 0. The molecule has 0 radical (unpaired) electrons. The van der Waals surface area contributed by atoms with Gasteiger partial charge in [0.25, 0.3) is 0 Å². The summed E-state index contributed by atoms with van der Waals surface area (Å²) in [6.07, 6.45) is 0. The molecule has 0 fully saturated rings. The van der Waals surface area contributed by atoms with Gasteiger partial charge in [0, 0.05) is 38.5 Å². The van der Waals surface area contributed by atoms with Crippen molar-refractivity contribution in [2.75, 3.05) is 0 Å². The van der Waals surface area contributed by atoms with Crippen molar-refractivity contribution in [3.63, 3.8) is 0 Å². The predicted molar refractivity (Wildman–Crippen MR) is 210 cm³/mol. The standard InChI is InChI=1S/C47H28N4O/c48-29-39-44(31-16-6-2-7-17-31)49-47(50-45(39)32-18-8-3-9-19-32)38-28-33(24-25-34(38)30-14-4-1-5-15-30)51-40-22-12-10-21-37(40)43-41(51)27-26-36-35-20-11-13-23-42(35)52-46(36)43/h1-28H. The van der Waals surface area contributed by atoms with Crippen LogP contribution < -0.4 is 0 Å². The van der Waals surface area contributed by atoms with E-state index in [2.05, 4.69) is 89.5 Å². The van der Waals surface area contributed by atoms with Crippen molar-refractivity contribution in [1.29, 1.82) is 5.26 Å². The molecule has 242 valence electrons. The number of fused-ring (bicyclic) bond motifs is 7. The molecule has 0 aliphatic rings. The molecule has 0 aliphatic heterocycles. The quantitative estimate of drug-likeness (QED) is 0.184. The van der Waals surface area contributed by atoms with Gasteiger partial charge in [-0.05, 0) is 47.5 Å². The second-order valence-corrected chi connectivity index (χ2v) is 12.8. The number of benzene rings is 7. The summed E-state index contributed by atoms with van der Waals surface area (Å²) in [6, 6.07) is 60.1. The van der Waals surface area contributed by atoms with Crippen LogP contribution in [0.1, 0.15) is 5.56 Å². The van der Waals surface area contributed by atoms with Crippen LogP contribution in [-0.2, 0) is 0 Å². The van der Waals surface area contributed by atoms with Crippen LogP contribution in [0, 0.1) is 11.3 Å². The van der Waals surface area contributed by atoms with E-state index in [9.17, 15) is 5.26 Å². The monoisotopic (exact) mass is 664 g/mol. The molecule has 5 heteroatoms. The van der Waals surface area contributed by atoms with Gasteiger partial charge in [-0.2, -0.15) is 5.26 Å². The van der Waals surface area contributed by atoms with Gasteiger partial charge in [0.05, 0.1) is 27.8 Å². The highest BCUT2D eigenvalue weighted by Gasteiger charge is 2.23. The van der Waals surface area contributed by atoms with E-state index in [1.54, 1.807) is 0 Å². The first-order valence-electron chi connectivity index (χ1n) is 17.2. The van der Waals surface area contributed by atoms with E-state index >= 15 is 0 Å². The fourth-order valence-electron chi connectivity index (χ4n) is 7.54. The van der Waals surface area contributed by atoms with Gasteiger partial charge in [0.1, 0.15) is 22.8 Å². The van der Waals surface area contributed by atoms with E-state index < -0.39 is 0 Å². The first kappa shape index (κ1) is 29.6. The molecule has 0 saturated heterocycles. The van der Waals surface area contributed by atoms with E-state index in [-0.39, 0.29) is 0 Å². The molecule has 3 aromatic heterocycles. The van der Waals surface area contributed by atoms with Crippen LogP contribution in [0.25, 0.3) is 94.5 Å². The Morgan fingerprint density at radius 1 is 0.500 bits per heavy atom. The second kappa shape index (κ2) is 11.9. The van der Waals surface area contributed by atoms with Crippen LogP contribution in [0.2, 0.25) is 0 Å². The summed E-state index contributed by atoms with van der Waals surface area (Å²) in [6.45, 7) is 0. The van der Waals surface area contributed by atoms with Gasteiger partial charge in [-0.25, -0.2) is 9.97 Å². The lowest BCUT2D eigenvalue weighted by molar-refractivity contribution is 0.673. The van der Waals surface area contributed by atoms with Crippen LogP contribution in [0.3, 0.4) is 0 Å². The van der Waals surface area contributed by atoms with E-state index in [0.29, 0.717) is 22.8 Å². The van der Waals surface area contributed by atoms with Crippen molar-refractivity contribution in [2.24, 2.45) is 0 Å². The minimum Gasteiger partial charge on any atom is -0.455 e. The summed E-state index contributed by atoms with van der Waals surface area (Å²) in [5.41, 5.74) is 11.1. The van der Waals surface area contributed by atoms with Crippen molar-refractivity contribution in [2.45, 2.75) is 0 Å². The highest BCUT2D eigenvalue weighted by Crippen LogP contribution is 2.42. The van der Waals surface area contributed by atoms with Gasteiger partial charge in [-0.3, -0.25) is 0 Å². The molecule has 0 saturated carbocycles. The lowest BCUT2D eigenvalue weighted by Crippen LogP contribution is -2.03. The fraction of sp³-hybridized carbons (Fsp3) is 0. The number of nitrogens with zero attached hydrogens (tertiary/aromatic N) is 4. The van der Waals surface area contributed by atoms with Gasteiger partial charge >= 0.3 is 0 Å². The highest BCUT2D eigenvalue weighted by atomic mass is 16.3. The zero-order chi connectivity index (χ0) is 34.6. The van der Waals surface area contributed by atoms with Crippen LogP contribution >= 0.6 is 0 Å². The minimum absolute atomic E-state index is 0.441. The molecule has 0 unspecified atom stereocenters. The molecule has 7 aromatic carbocycles. The SMILES string of the molecule is N#Cc1c(-c2ccccc2)nc(-c2cc(-n3c4ccccc4c4c5oc6ccccc6c5ccc43)ccc2-c2ccccc2)nc1-c1ccccc1. The minimum atomic E-state index is 0.441. The summed E-state index contributed by atoms with van der Waals surface area (Å²) in [5.74, 6) is 0.540. The molecule has 0 aliphatic carbocycles. The number of nitriles is 1. The Morgan fingerprint density at radius 3 is 1.77 bits per heavy atom. The van der Waals surface area contributed by atoms with Crippen LogP contribution in [-0.4, -0.2) is 14.5 Å². The summed E-state index contributed by atoms with van der Waals surface area (Å²) in [4.78, 5) is 10.4. The Hall–Kier alpha value is -7.29. The summed E-state index contributed by atoms with van der Waals surface area (Å²) in [5, 5.41) is 15.0. The maximum atomic E-state index is 10.6. The van der Waals surface area contributed by atoms with Gasteiger partial charge in [-0.1, -0.05) is 133 Å². The molecule has 10 rings (SSSR count). The van der Waals surface area contributed by atoms with E-state index in [4.69, 9.17) is 14.4 Å². The average molecular weight is 665 g/mol. The van der Waals surface area contributed by atoms with Gasteiger partial charge in [0.15, 0.2) is 5.82 Å². The fourth-order valence-corrected chi connectivity index (χ4v) is 7.54. The number of furan rings is 1. The number of rotatable bonds is 5. The maximum absolute atomic E-state index is 10.6. The molecular formula is C47H28N4O. The summed E-state index contributed by atoms with van der Waals surface area (Å²) in [7, 11) is 0. The normalized spacial score (nSPS) is 11.4. The lowest BCUT2D eigenvalue weighted by atomic mass is 9.96. The molecule has 5 nitrogen and oxygen atoms in total. The predicted octanol–water partition coefficient (Wildman–Crippen LogP) is 12.0. The zero-order valence-corrected chi connectivity index (χ0v) is 27.9. The number of hydrogen-bond donors (Lipinski definition) is 0. The van der Waals surface area contributed by atoms with E-state index in [1.165, 1.54) is 0 Å². The third-order valence-corrected chi connectivity index (χ3v) is 9.88.